The Morgan fingerprint density at radius 1 is 1.20 bits per heavy atom. The highest BCUT2D eigenvalue weighted by Crippen LogP contribution is 2.32. The molecule has 2 rings (SSSR count). The lowest BCUT2D eigenvalue weighted by Crippen LogP contribution is -2.39. The van der Waals surface area contributed by atoms with Gasteiger partial charge in [0.25, 0.3) is 0 Å². The van der Waals surface area contributed by atoms with Crippen molar-refractivity contribution in [1.82, 2.24) is 9.97 Å². The number of aliphatic hydroxyl groups is 1. The lowest BCUT2D eigenvalue weighted by molar-refractivity contribution is 0.214. The first-order valence-corrected chi connectivity index (χ1v) is 7.72. The molecule has 0 saturated heterocycles. The maximum Gasteiger partial charge on any atom is 0.133 e. The number of nitrogens with zero attached hydrogens (tertiary/aromatic N) is 2. The van der Waals surface area contributed by atoms with Gasteiger partial charge in [-0.3, -0.25) is 0 Å². The Morgan fingerprint density at radius 3 is 2.50 bits per heavy atom. The normalized spacial score (nSPS) is 17.1. The summed E-state index contributed by atoms with van der Waals surface area (Å²) in [6.45, 7) is 5.19. The standard InChI is InChI=1S/C15H26N4O/c1-3-7-12-17-13(16-4-2)10-14(18-12)19-15(11-20)8-5-6-9-15/h10,20H,3-9,11H2,1-2H3,(H2,16,17,18,19). The quantitative estimate of drug-likeness (QED) is 0.715. The number of anilines is 2. The van der Waals surface area contributed by atoms with E-state index in [0.717, 1.165) is 49.7 Å². The molecule has 1 fully saturated rings. The second kappa shape index (κ2) is 6.88. The molecule has 1 saturated carbocycles. The van der Waals surface area contributed by atoms with Crippen LogP contribution in [-0.2, 0) is 6.42 Å². The molecule has 5 heteroatoms. The van der Waals surface area contributed by atoms with Gasteiger partial charge in [0.05, 0.1) is 12.1 Å². The average molecular weight is 278 g/mol. The van der Waals surface area contributed by atoms with Gasteiger partial charge in [-0.2, -0.15) is 0 Å². The Bertz CT molecular complexity index is 406. The van der Waals surface area contributed by atoms with Crippen molar-refractivity contribution in [2.24, 2.45) is 0 Å². The number of aromatic nitrogens is 2. The van der Waals surface area contributed by atoms with E-state index < -0.39 is 0 Å². The highest BCUT2D eigenvalue weighted by atomic mass is 16.3. The van der Waals surface area contributed by atoms with Crippen molar-refractivity contribution in [3.63, 3.8) is 0 Å². The molecular formula is C15H26N4O. The van der Waals surface area contributed by atoms with Gasteiger partial charge in [-0.25, -0.2) is 9.97 Å². The lowest BCUT2D eigenvalue weighted by Gasteiger charge is -2.29. The van der Waals surface area contributed by atoms with Crippen molar-refractivity contribution in [2.45, 2.75) is 57.9 Å². The minimum atomic E-state index is -0.193. The average Bonchev–Trinajstić information content (AvgIpc) is 2.88. The Kier molecular flexibility index (Phi) is 5.17. The van der Waals surface area contributed by atoms with Gasteiger partial charge in [-0.05, 0) is 26.2 Å². The van der Waals surface area contributed by atoms with Crippen molar-refractivity contribution in [2.75, 3.05) is 23.8 Å². The summed E-state index contributed by atoms with van der Waals surface area (Å²) in [6, 6.07) is 1.94. The van der Waals surface area contributed by atoms with Gasteiger partial charge in [0, 0.05) is 19.0 Å². The van der Waals surface area contributed by atoms with Gasteiger partial charge >= 0.3 is 0 Å². The Hall–Kier alpha value is -1.36. The Labute approximate surface area is 121 Å². The lowest BCUT2D eigenvalue weighted by atomic mass is 9.99. The monoisotopic (exact) mass is 278 g/mol. The zero-order valence-electron chi connectivity index (χ0n) is 12.6. The predicted molar refractivity (Wildman–Crippen MR) is 82.1 cm³/mol. The van der Waals surface area contributed by atoms with E-state index in [1.807, 2.05) is 6.07 Å². The van der Waals surface area contributed by atoms with E-state index in [1.165, 1.54) is 12.8 Å². The van der Waals surface area contributed by atoms with Gasteiger partial charge in [-0.15, -0.1) is 0 Å². The molecule has 1 aliphatic rings. The third kappa shape index (κ3) is 3.60. The first-order chi connectivity index (χ1) is 9.71. The molecule has 0 spiro atoms. The molecule has 0 aromatic carbocycles. The maximum atomic E-state index is 9.70. The smallest absolute Gasteiger partial charge is 0.133 e. The summed E-state index contributed by atoms with van der Waals surface area (Å²) in [5, 5.41) is 16.4. The molecule has 0 radical (unpaired) electrons. The number of aliphatic hydroxyl groups excluding tert-OH is 1. The number of hydrogen-bond acceptors (Lipinski definition) is 5. The molecule has 1 aromatic rings. The van der Waals surface area contributed by atoms with Crippen LogP contribution in [0.5, 0.6) is 0 Å². The van der Waals surface area contributed by atoms with Crippen molar-refractivity contribution in [3.05, 3.63) is 11.9 Å². The topological polar surface area (TPSA) is 70.1 Å². The molecule has 112 valence electrons. The van der Waals surface area contributed by atoms with Crippen LogP contribution in [0.1, 0.15) is 51.8 Å². The molecule has 0 bridgehead atoms. The van der Waals surface area contributed by atoms with E-state index in [-0.39, 0.29) is 12.1 Å². The van der Waals surface area contributed by atoms with Crippen LogP contribution in [0.2, 0.25) is 0 Å². The van der Waals surface area contributed by atoms with Gasteiger partial charge in [0.2, 0.25) is 0 Å². The van der Waals surface area contributed by atoms with E-state index in [9.17, 15) is 5.11 Å². The summed E-state index contributed by atoms with van der Waals surface area (Å²) in [7, 11) is 0. The number of rotatable bonds is 7. The first-order valence-electron chi connectivity index (χ1n) is 7.72. The second-order valence-corrected chi connectivity index (χ2v) is 5.61. The summed E-state index contributed by atoms with van der Waals surface area (Å²) >= 11 is 0. The van der Waals surface area contributed by atoms with Crippen LogP contribution in [0.25, 0.3) is 0 Å². The van der Waals surface area contributed by atoms with Gasteiger partial charge in [0.15, 0.2) is 0 Å². The summed E-state index contributed by atoms with van der Waals surface area (Å²) in [5.74, 6) is 2.55. The van der Waals surface area contributed by atoms with Gasteiger partial charge in [0.1, 0.15) is 17.5 Å². The van der Waals surface area contributed by atoms with E-state index in [2.05, 4.69) is 34.4 Å². The summed E-state index contributed by atoms with van der Waals surface area (Å²) in [5.41, 5.74) is -0.193. The maximum absolute atomic E-state index is 9.70. The molecule has 0 unspecified atom stereocenters. The molecule has 0 aliphatic heterocycles. The van der Waals surface area contributed by atoms with Crippen molar-refractivity contribution in [3.8, 4) is 0 Å². The zero-order chi connectivity index (χ0) is 14.4. The molecule has 0 atom stereocenters. The SMILES string of the molecule is CCCc1nc(NCC)cc(NC2(CO)CCCC2)n1. The van der Waals surface area contributed by atoms with Crippen LogP contribution in [0, 0.1) is 0 Å². The third-order valence-corrected chi connectivity index (χ3v) is 3.86. The van der Waals surface area contributed by atoms with E-state index in [0.29, 0.717) is 0 Å². The first kappa shape index (κ1) is 15.0. The third-order valence-electron chi connectivity index (χ3n) is 3.86. The number of hydrogen-bond donors (Lipinski definition) is 3. The van der Waals surface area contributed by atoms with E-state index >= 15 is 0 Å². The largest absolute Gasteiger partial charge is 0.394 e. The highest BCUT2D eigenvalue weighted by Gasteiger charge is 2.33. The van der Waals surface area contributed by atoms with Crippen molar-refractivity contribution >= 4 is 11.6 Å². The fourth-order valence-corrected chi connectivity index (χ4v) is 2.81. The summed E-state index contributed by atoms with van der Waals surface area (Å²) in [4.78, 5) is 9.10. The summed E-state index contributed by atoms with van der Waals surface area (Å²) < 4.78 is 0. The van der Waals surface area contributed by atoms with Crippen molar-refractivity contribution in [1.29, 1.82) is 0 Å². The molecular weight excluding hydrogens is 252 g/mol. The Balaban J connectivity index is 2.20. The molecule has 1 aliphatic carbocycles. The molecule has 5 nitrogen and oxygen atoms in total. The minimum Gasteiger partial charge on any atom is -0.394 e. The second-order valence-electron chi connectivity index (χ2n) is 5.61. The molecule has 20 heavy (non-hydrogen) atoms. The van der Waals surface area contributed by atoms with Crippen LogP contribution in [0.4, 0.5) is 11.6 Å². The molecule has 0 amide bonds. The fraction of sp³-hybridized carbons (Fsp3) is 0.733. The van der Waals surface area contributed by atoms with Crippen molar-refractivity contribution < 1.29 is 5.11 Å². The van der Waals surface area contributed by atoms with Crippen LogP contribution in [0.15, 0.2) is 6.07 Å². The minimum absolute atomic E-state index is 0.163. The van der Waals surface area contributed by atoms with Gasteiger partial charge < -0.3 is 15.7 Å². The zero-order valence-corrected chi connectivity index (χ0v) is 12.6. The number of nitrogens with one attached hydrogen (secondary N) is 2. The van der Waals surface area contributed by atoms with E-state index in [1.54, 1.807) is 0 Å². The van der Waals surface area contributed by atoms with Crippen LogP contribution in [-0.4, -0.2) is 33.8 Å². The molecule has 3 N–H and O–H groups in total. The Morgan fingerprint density at radius 2 is 1.90 bits per heavy atom. The summed E-state index contributed by atoms with van der Waals surface area (Å²) in [6.07, 6.45) is 6.25. The number of aryl methyl sites for hydroxylation is 1. The predicted octanol–water partition coefficient (Wildman–Crippen LogP) is 2.58. The molecule has 1 aromatic heterocycles. The van der Waals surface area contributed by atoms with Crippen LogP contribution < -0.4 is 10.6 Å². The van der Waals surface area contributed by atoms with Gasteiger partial charge in [-0.1, -0.05) is 19.8 Å². The van der Waals surface area contributed by atoms with Crippen LogP contribution >= 0.6 is 0 Å². The highest BCUT2D eigenvalue weighted by molar-refractivity contribution is 5.49. The van der Waals surface area contributed by atoms with E-state index in [4.69, 9.17) is 0 Å². The fourth-order valence-electron chi connectivity index (χ4n) is 2.81. The molecule has 1 heterocycles. The van der Waals surface area contributed by atoms with Crippen LogP contribution in [0.3, 0.4) is 0 Å².